The molecule has 2 fully saturated rings. The van der Waals surface area contributed by atoms with Crippen LogP contribution in [-0.2, 0) is 0 Å². The van der Waals surface area contributed by atoms with Crippen molar-refractivity contribution in [3.8, 4) is 0 Å². The van der Waals surface area contributed by atoms with E-state index in [1.165, 1.54) is 25.7 Å². The maximum absolute atomic E-state index is 10.5. The van der Waals surface area contributed by atoms with Crippen LogP contribution in [-0.4, -0.2) is 17.3 Å². The monoisotopic (exact) mass is 183 g/mol. The maximum atomic E-state index is 10.5. The van der Waals surface area contributed by atoms with Crippen LogP contribution in [0.5, 0.6) is 0 Å². The zero-order chi connectivity index (χ0) is 9.53. The van der Waals surface area contributed by atoms with Gasteiger partial charge in [-0.2, -0.15) is 0 Å². The van der Waals surface area contributed by atoms with E-state index in [1.54, 1.807) is 0 Å². The molecule has 1 atom stereocenters. The maximum Gasteiger partial charge on any atom is 0.0715 e. The first-order valence-corrected chi connectivity index (χ1v) is 5.55. The van der Waals surface area contributed by atoms with E-state index in [0.29, 0.717) is 12.5 Å². The molecule has 0 aromatic carbocycles. The molecule has 0 saturated heterocycles. The fourth-order valence-electron chi connectivity index (χ4n) is 2.92. The van der Waals surface area contributed by atoms with Crippen molar-refractivity contribution in [3.63, 3.8) is 0 Å². The van der Waals surface area contributed by atoms with E-state index in [1.807, 2.05) is 6.92 Å². The van der Waals surface area contributed by atoms with Crippen LogP contribution in [0.2, 0.25) is 0 Å². The standard InChI is InChI=1S/C11H21NO/c1-10(13,9-4-2-5-9)11(8-12)6-3-7-11/h9,13H,2-8,12H2,1H3. The van der Waals surface area contributed by atoms with Crippen molar-refractivity contribution in [2.24, 2.45) is 17.1 Å². The van der Waals surface area contributed by atoms with Gasteiger partial charge in [0.05, 0.1) is 5.60 Å². The van der Waals surface area contributed by atoms with E-state index < -0.39 is 5.60 Å². The topological polar surface area (TPSA) is 46.2 Å². The predicted octanol–water partition coefficient (Wildman–Crippen LogP) is 1.67. The highest BCUT2D eigenvalue weighted by atomic mass is 16.3. The summed E-state index contributed by atoms with van der Waals surface area (Å²) in [6.45, 7) is 2.68. The van der Waals surface area contributed by atoms with Gasteiger partial charge >= 0.3 is 0 Å². The minimum atomic E-state index is -0.488. The molecule has 2 aliphatic rings. The first-order valence-electron chi connectivity index (χ1n) is 5.55. The summed E-state index contributed by atoms with van der Waals surface area (Å²) in [6.07, 6.45) is 7.21. The second-order valence-electron chi connectivity index (χ2n) is 5.11. The Morgan fingerprint density at radius 1 is 1.38 bits per heavy atom. The first-order chi connectivity index (χ1) is 6.12. The molecule has 1 unspecified atom stereocenters. The molecule has 0 radical (unpaired) electrons. The minimum absolute atomic E-state index is 0.0675. The van der Waals surface area contributed by atoms with Gasteiger partial charge in [0.1, 0.15) is 0 Å². The van der Waals surface area contributed by atoms with Gasteiger partial charge in [0.2, 0.25) is 0 Å². The molecule has 0 amide bonds. The Hall–Kier alpha value is -0.0800. The summed E-state index contributed by atoms with van der Waals surface area (Å²) in [5.41, 5.74) is 5.39. The number of rotatable bonds is 3. The van der Waals surface area contributed by atoms with Crippen LogP contribution in [0.3, 0.4) is 0 Å². The molecule has 0 heterocycles. The van der Waals surface area contributed by atoms with Crippen molar-refractivity contribution in [1.29, 1.82) is 0 Å². The van der Waals surface area contributed by atoms with Crippen LogP contribution in [0.4, 0.5) is 0 Å². The molecule has 0 aliphatic heterocycles. The summed E-state index contributed by atoms with van der Waals surface area (Å²) in [6, 6.07) is 0. The quantitative estimate of drug-likeness (QED) is 0.699. The molecule has 2 aliphatic carbocycles. The van der Waals surface area contributed by atoms with E-state index in [-0.39, 0.29) is 5.41 Å². The van der Waals surface area contributed by atoms with Crippen LogP contribution in [0.1, 0.15) is 45.4 Å². The highest BCUT2D eigenvalue weighted by molar-refractivity contribution is 5.06. The Bertz CT molecular complexity index is 187. The molecule has 13 heavy (non-hydrogen) atoms. The van der Waals surface area contributed by atoms with Gasteiger partial charge < -0.3 is 10.8 Å². The van der Waals surface area contributed by atoms with Crippen LogP contribution in [0.15, 0.2) is 0 Å². The normalized spacial score (nSPS) is 31.6. The van der Waals surface area contributed by atoms with Crippen LogP contribution < -0.4 is 5.73 Å². The average molecular weight is 183 g/mol. The third kappa shape index (κ3) is 1.15. The summed E-state index contributed by atoms with van der Waals surface area (Å²) >= 11 is 0. The van der Waals surface area contributed by atoms with Gasteiger partial charge in [-0.25, -0.2) is 0 Å². The lowest BCUT2D eigenvalue weighted by atomic mass is 9.52. The molecule has 0 aromatic heterocycles. The van der Waals surface area contributed by atoms with E-state index in [9.17, 15) is 5.11 Å². The highest BCUT2D eigenvalue weighted by Gasteiger charge is 2.54. The highest BCUT2D eigenvalue weighted by Crippen LogP contribution is 2.55. The molecule has 2 heteroatoms. The first kappa shape index (κ1) is 9.47. The van der Waals surface area contributed by atoms with Crippen molar-refractivity contribution in [3.05, 3.63) is 0 Å². The van der Waals surface area contributed by atoms with Crippen molar-refractivity contribution in [2.75, 3.05) is 6.54 Å². The number of aliphatic hydroxyl groups is 1. The smallest absolute Gasteiger partial charge is 0.0715 e. The van der Waals surface area contributed by atoms with E-state index >= 15 is 0 Å². The number of hydrogen-bond acceptors (Lipinski definition) is 2. The van der Waals surface area contributed by atoms with Gasteiger partial charge in [0.15, 0.2) is 0 Å². The van der Waals surface area contributed by atoms with E-state index in [2.05, 4.69) is 0 Å². The van der Waals surface area contributed by atoms with Gasteiger partial charge in [-0.05, 0) is 38.5 Å². The van der Waals surface area contributed by atoms with Gasteiger partial charge in [-0.15, -0.1) is 0 Å². The molecule has 3 N–H and O–H groups in total. The van der Waals surface area contributed by atoms with Crippen molar-refractivity contribution >= 4 is 0 Å². The summed E-state index contributed by atoms with van der Waals surface area (Å²) in [5.74, 6) is 0.524. The molecule has 0 aromatic rings. The van der Waals surface area contributed by atoms with Crippen molar-refractivity contribution in [1.82, 2.24) is 0 Å². The molecule has 0 bridgehead atoms. The zero-order valence-electron chi connectivity index (χ0n) is 8.55. The number of nitrogens with two attached hydrogens (primary N) is 1. The Kier molecular flexibility index (Phi) is 2.16. The SMILES string of the molecule is CC(O)(C1CCC1)C1(CN)CCC1. The largest absolute Gasteiger partial charge is 0.389 e. The second kappa shape index (κ2) is 2.96. The van der Waals surface area contributed by atoms with Crippen LogP contribution in [0.25, 0.3) is 0 Å². The Balaban J connectivity index is 2.10. The van der Waals surface area contributed by atoms with E-state index in [4.69, 9.17) is 5.73 Å². The second-order valence-corrected chi connectivity index (χ2v) is 5.11. The summed E-state index contributed by atoms with van der Waals surface area (Å²) in [4.78, 5) is 0. The molecular formula is C11H21NO. The minimum Gasteiger partial charge on any atom is -0.389 e. The van der Waals surface area contributed by atoms with Gasteiger partial charge in [0.25, 0.3) is 0 Å². The lowest BCUT2D eigenvalue weighted by Gasteiger charge is -2.56. The fraction of sp³-hybridized carbons (Fsp3) is 1.00. The Morgan fingerprint density at radius 2 is 2.00 bits per heavy atom. The summed E-state index contributed by atoms with van der Waals surface area (Å²) in [7, 11) is 0. The van der Waals surface area contributed by atoms with Crippen LogP contribution >= 0.6 is 0 Å². The Morgan fingerprint density at radius 3 is 2.23 bits per heavy atom. The molecule has 2 rings (SSSR count). The molecule has 0 spiro atoms. The molecule has 2 nitrogen and oxygen atoms in total. The predicted molar refractivity (Wildman–Crippen MR) is 53.3 cm³/mol. The fourth-order valence-corrected chi connectivity index (χ4v) is 2.92. The van der Waals surface area contributed by atoms with Crippen molar-refractivity contribution < 1.29 is 5.11 Å². The Labute approximate surface area is 80.5 Å². The van der Waals surface area contributed by atoms with Crippen molar-refractivity contribution in [2.45, 2.75) is 51.0 Å². The van der Waals surface area contributed by atoms with E-state index in [0.717, 1.165) is 12.8 Å². The van der Waals surface area contributed by atoms with Gasteiger partial charge in [0, 0.05) is 12.0 Å². The molecule has 76 valence electrons. The third-order valence-corrected chi connectivity index (χ3v) is 4.68. The zero-order valence-corrected chi connectivity index (χ0v) is 8.55. The lowest BCUT2D eigenvalue weighted by Crippen LogP contribution is -2.59. The van der Waals surface area contributed by atoms with Crippen LogP contribution in [0, 0.1) is 11.3 Å². The third-order valence-electron chi connectivity index (χ3n) is 4.68. The number of hydrogen-bond donors (Lipinski definition) is 2. The molecule has 2 saturated carbocycles. The lowest BCUT2D eigenvalue weighted by molar-refractivity contribution is -0.163. The van der Waals surface area contributed by atoms with Gasteiger partial charge in [-0.3, -0.25) is 0 Å². The summed E-state index contributed by atoms with van der Waals surface area (Å²) < 4.78 is 0. The summed E-state index contributed by atoms with van der Waals surface area (Å²) in [5, 5.41) is 10.5. The molecular weight excluding hydrogens is 162 g/mol. The average Bonchev–Trinajstić information content (AvgIpc) is 1.78. The van der Waals surface area contributed by atoms with Gasteiger partial charge in [-0.1, -0.05) is 12.8 Å².